The van der Waals surface area contributed by atoms with Crippen LogP contribution in [0, 0.1) is 0 Å². The van der Waals surface area contributed by atoms with Crippen molar-refractivity contribution in [1.82, 2.24) is 4.90 Å². The maximum absolute atomic E-state index is 13.1. The molecule has 2 aromatic carbocycles. The molecule has 3 aliphatic heterocycles. The van der Waals surface area contributed by atoms with Gasteiger partial charge in [0.15, 0.2) is 5.17 Å². The van der Waals surface area contributed by atoms with E-state index < -0.39 is 10.0 Å². The van der Waals surface area contributed by atoms with Crippen molar-refractivity contribution in [3.05, 3.63) is 53.6 Å². The topological polar surface area (TPSA) is 79.3 Å². The van der Waals surface area contributed by atoms with E-state index in [-0.39, 0.29) is 11.7 Å². The highest BCUT2D eigenvalue weighted by atomic mass is 32.2. The van der Waals surface area contributed by atoms with Crippen LogP contribution < -0.4 is 9.64 Å². The van der Waals surface area contributed by atoms with E-state index in [9.17, 15) is 13.2 Å². The van der Waals surface area contributed by atoms with E-state index in [1.165, 1.54) is 17.3 Å². The van der Waals surface area contributed by atoms with Crippen molar-refractivity contribution in [3.63, 3.8) is 0 Å². The van der Waals surface area contributed by atoms with Crippen molar-refractivity contribution in [2.24, 2.45) is 4.40 Å². The standard InChI is InChI=1S/C21H21N3O4S2/c1-28-17-5-2-14(3-6-17)16-8-9-23(13-16)20(25)15-4-7-18-19(12-15)29-21-22-30(26,27)11-10-24(18)21/h2-7,12,16H,8-11,13H2,1H3. The van der Waals surface area contributed by atoms with Crippen LogP contribution in [0.25, 0.3) is 0 Å². The molecule has 156 valence electrons. The summed E-state index contributed by atoms with van der Waals surface area (Å²) >= 11 is 1.31. The number of benzene rings is 2. The minimum absolute atomic E-state index is 0.00819. The number of rotatable bonds is 3. The highest BCUT2D eigenvalue weighted by Gasteiger charge is 2.34. The molecule has 0 spiro atoms. The minimum atomic E-state index is -3.39. The molecule has 1 atom stereocenters. The quantitative estimate of drug-likeness (QED) is 0.726. The highest BCUT2D eigenvalue weighted by molar-refractivity contribution is 8.15. The number of hydrogen-bond donors (Lipinski definition) is 0. The summed E-state index contributed by atoms with van der Waals surface area (Å²) in [7, 11) is -1.74. The normalized spacial score (nSPS) is 21.8. The first-order valence-electron chi connectivity index (χ1n) is 9.79. The molecule has 1 fully saturated rings. The molecule has 1 saturated heterocycles. The van der Waals surface area contributed by atoms with Crippen LogP contribution in [0.15, 0.2) is 51.8 Å². The number of thioether (sulfide) groups is 1. The third kappa shape index (κ3) is 3.45. The Hall–Kier alpha value is -2.52. The smallest absolute Gasteiger partial charge is 0.257 e. The molecule has 30 heavy (non-hydrogen) atoms. The van der Waals surface area contributed by atoms with Crippen LogP contribution >= 0.6 is 11.8 Å². The van der Waals surface area contributed by atoms with Crippen LogP contribution in [-0.4, -0.2) is 56.9 Å². The Morgan fingerprint density at radius 3 is 2.73 bits per heavy atom. The van der Waals surface area contributed by atoms with Crippen LogP contribution in [0.4, 0.5) is 5.69 Å². The summed E-state index contributed by atoms with van der Waals surface area (Å²) in [6, 6.07) is 13.6. The van der Waals surface area contributed by atoms with Gasteiger partial charge in [0, 0.05) is 36.0 Å². The van der Waals surface area contributed by atoms with Crippen molar-refractivity contribution in [2.45, 2.75) is 17.2 Å². The summed E-state index contributed by atoms with van der Waals surface area (Å²) in [5, 5.41) is 0.474. The van der Waals surface area contributed by atoms with Crippen molar-refractivity contribution >= 4 is 38.5 Å². The van der Waals surface area contributed by atoms with Crippen molar-refractivity contribution in [3.8, 4) is 5.75 Å². The molecule has 7 nitrogen and oxygen atoms in total. The molecule has 0 aromatic heterocycles. The minimum Gasteiger partial charge on any atom is -0.497 e. The summed E-state index contributed by atoms with van der Waals surface area (Å²) in [5.41, 5.74) is 2.76. The fourth-order valence-electron chi connectivity index (χ4n) is 4.14. The number of amides is 1. The predicted octanol–water partition coefficient (Wildman–Crippen LogP) is 2.94. The van der Waals surface area contributed by atoms with Gasteiger partial charge in [0.05, 0.1) is 18.6 Å². The number of methoxy groups -OCH3 is 1. The second kappa shape index (κ2) is 7.31. The van der Waals surface area contributed by atoms with E-state index in [0.29, 0.717) is 29.7 Å². The molecule has 0 saturated carbocycles. The van der Waals surface area contributed by atoms with Crippen LogP contribution in [0.2, 0.25) is 0 Å². The number of ether oxygens (including phenoxy) is 1. The fraction of sp³-hybridized carbons (Fsp3) is 0.333. The third-order valence-corrected chi connectivity index (χ3v) is 8.09. The molecule has 0 bridgehead atoms. The Bertz CT molecular complexity index is 1150. The van der Waals surface area contributed by atoms with Gasteiger partial charge < -0.3 is 14.5 Å². The van der Waals surface area contributed by atoms with Crippen LogP contribution in [0.5, 0.6) is 5.75 Å². The second-order valence-corrected chi connectivity index (χ2v) is 10.4. The molecule has 3 aliphatic rings. The first kappa shape index (κ1) is 19.4. The lowest BCUT2D eigenvalue weighted by Gasteiger charge is -2.22. The summed E-state index contributed by atoms with van der Waals surface area (Å²) in [6.07, 6.45) is 0.931. The summed E-state index contributed by atoms with van der Waals surface area (Å²) < 4.78 is 32.7. The van der Waals surface area contributed by atoms with Gasteiger partial charge in [-0.2, -0.15) is 0 Å². The second-order valence-electron chi connectivity index (χ2n) is 7.61. The largest absolute Gasteiger partial charge is 0.497 e. The molecule has 0 N–H and O–H groups in total. The molecular weight excluding hydrogens is 422 g/mol. The molecule has 2 aromatic rings. The van der Waals surface area contributed by atoms with Crippen molar-refractivity contribution in [2.75, 3.05) is 37.4 Å². The number of amidine groups is 1. The Balaban J connectivity index is 1.32. The van der Waals surface area contributed by atoms with Crippen LogP contribution in [0.3, 0.4) is 0 Å². The van der Waals surface area contributed by atoms with E-state index >= 15 is 0 Å². The Labute approximate surface area is 179 Å². The number of nitrogens with zero attached hydrogens (tertiary/aromatic N) is 3. The van der Waals surface area contributed by atoms with Gasteiger partial charge >= 0.3 is 0 Å². The van der Waals surface area contributed by atoms with Gasteiger partial charge in [-0.15, -0.1) is 4.40 Å². The monoisotopic (exact) mass is 443 g/mol. The van der Waals surface area contributed by atoms with E-state index in [1.807, 2.05) is 40.1 Å². The zero-order valence-corrected chi connectivity index (χ0v) is 18.1. The molecule has 1 unspecified atom stereocenters. The van der Waals surface area contributed by atoms with Gasteiger partial charge in [-0.25, -0.2) is 8.42 Å². The van der Waals surface area contributed by atoms with Crippen LogP contribution in [-0.2, 0) is 10.0 Å². The van der Waals surface area contributed by atoms with E-state index in [0.717, 1.165) is 29.3 Å². The lowest BCUT2D eigenvalue weighted by molar-refractivity contribution is 0.0790. The van der Waals surface area contributed by atoms with Crippen molar-refractivity contribution < 1.29 is 17.9 Å². The summed E-state index contributed by atoms with van der Waals surface area (Å²) in [6.45, 7) is 1.80. The fourth-order valence-corrected chi connectivity index (χ4v) is 6.44. The molecule has 9 heteroatoms. The number of fused-ring (bicyclic) bond motifs is 3. The lowest BCUT2D eigenvalue weighted by Crippen LogP contribution is -2.35. The highest BCUT2D eigenvalue weighted by Crippen LogP contribution is 2.42. The Kier molecular flexibility index (Phi) is 4.74. The zero-order valence-electron chi connectivity index (χ0n) is 16.4. The predicted molar refractivity (Wildman–Crippen MR) is 117 cm³/mol. The van der Waals surface area contributed by atoms with E-state index in [4.69, 9.17) is 4.74 Å². The molecule has 3 heterocycles. The lowest BCUT2D eigenvalue weighted by atomic mass is 9.98. The maximum atomic E-state index is 13.1. The SMILES string of the molecule is COc1ccc(C2CCN(C(=O)c3ccc4c(c3)SC3=NS(=O)(=O)CCN34)C2)cc1. The molecule has 0 radical (unpaired) electrons. The van der Waals surface area contributed by atoms with E-state index in [1.54, 1.807) is 7.11 Å². The first-order chi connectivity index (χ1) is 14.4. The number of anilines is 1. The molecule has 1 amide bonds. The van der Waals surface area contributed by atoms with Crippen molar-refractivity contribution in [1.29, 1.82) is 0 Å². The molecule has 5 rings (SSSR count). The Morgan fingerprint density at radius 2 is 1.97 bits per heavy atom. The number of hydrogen-bond acceptors (Lipinski definition) is 6. The molecule has 0 aliphatic carbocycles. The maximum Gasteiger partial charge on any atom is 0.257 e. The summed E-state index contributed by atoms with van der Waals surface area (Å²) in [5.74, 6) is 1.16. The zero-order chi connectivity index (χ0) is 20.9. The number of carbonyl (C=O) groups excluding carboxylic acids is 1. The van der Waals surface area contributed by atoms with Crippen LogP contribution in [0.1, 0.15) is 28.3 Å². The van der Waals surface area contributed by atoms with Gasteiger partial charge in [-0.3, -0.25) is 4.79 Å². The number of sulfonamides is 1. The summed E-state index contributed by atoms with van der Waals surface area (Å²) in [4.78, 5) is 17.8. The average Bonchev–Trinajstić information content (AvgIpc) is 3.36. The molecular formula is C21H21N3O4S2. The van der Waals surface area contributed by atoms with Gasteiger partial charge in [0.25, 0.3) is 15.9 Å². The number of likely N-dealkylation sites (tertiary alicyclic amines) is 1. The Morgan fingerprint density at radius 1 is 1.17 bits per heavy atom. The van der Waals surface area contributed by atoms with Gasteiger partial charge in [0.1, 0.15) is 5.75 Å². The van der Waals surface area contributed by atoms with Gasteiger partial charge in [-0.05, 0) is 54.1 Å². The van der Waals surface area contributed by atoms with Gasteiger partial charge in [0.2, 0.25) is 0 Å². The van der Waals surface area contributed by atoms with Gasteiger partial charge in [-0.1, -0.05) is 12.1 Å². The van der Waals surface area contributed by atoms with E-state index in [2.05, 4.69) is 16.5 Å². The first-order valence-corrected chi connectivity index (χ1v) is 12.2. The number of carbonyl (C=O) groups is 1. The average molecular weight is 444 g/mol. The third-order valence-electron chi connectivity index (χ3n) is 5.78.